The molecule has 140 valence electrons. The van der Waals surface area contributed by atoms with Crippen LogP contribution >= 0.6 is 0 Å². The molecule has 0 radical (unpaired) electrons. The average molecular weight is 358 g/mol. The Kier molecular flexibility index (Phi) is 6.48. The van der Waals surface area contributed by atoms with Crippen LogP contribution in [-0.2, 0) is 14.2 Å². The number of carbonyl (C=O) groups is 1. The number of carbonyl (C=O) groups excluding carboxylic acids is 1. The molecule has 1 heterocycles. The average Bonchev–Trinajstić information content (AvgIpc) is 3.03. The number of benzene rings is 1. The fraction of sp³-hybridized carbons (Fsp3) is 0.600. The molecule has 6 heteroatoms. The van der Waals surface area contributed by atoms with Gasteiger partial charge in [0.25, 0.3) is 0 Å². The SMILES string of the molecule is COCC1CN(c2ccc([C@H]3CC[C@H](OCCC#N)CC3)cc2)C(=O)O1. The molecule has 0 bridgehead atoms. The van der Waals surface area contributed by atoms with Crippen molar-refractivity contribution in [1.82, 2.24) is 0 Å². The van der Waals surface area contributed by atoms with Gasteiger partial charge in [0.15, 0.2) is 0 Å². The van der Waals surface area contributed by atoms with Crippen LogP contribution in [0.25, 0.3) is 0 Å². The van der Waals surface area contributed by atoms with Gasteiger partial charge >= 0.3 is 6.09 Å². The minimum atomic E-state index is -0.310. The first-order valence-electron chi connectivity index (χ1n) is 9.27. The molecule has 2 aliphatic rings. The Labute approximate surface area is 154 Å². The number of nitriles is 1. The molecule has 2 fully saturated rings. The van der Waals surface area contributed by atoms with Crippen molar-refractivity contribution in [3.63, 3.8) is 0 Å². The molecule has 3 rings (SSSR count). The molecular weight excluding hydrogens is 332 g/mol. The fourth-order valence-electron chi connectivity index (χ4n) is 3.77. The molecule has 1 aliphatic carbocycles. The molecule has 1 amide bonds. The predicted molar refractivity (Wildman–Crippen MR) is 97.1 cm³/mol. The zero-order chi connectivity index (χ0) is 18.4. The molecule has 1 aromatic carbocycles. The maximum absolute atomic E-state index is 12.0. The number of nitrogens with zero attached hydrogens (tertiary/aromatic N) is 2. The summed E-state index contributed by atoms with van der Waals surface area (Å²) in [5.74, 6) is 0.534. The maximum Gasteiger partial charge on any atom is 0.414 e. The van der Waals surface area contributed by atoms with Crippen LogP contribution in [0.1, 0.15) is 43.6 Å². The third-order valence-corrected chi connectivity index (χ3v) is 5.14. The minimum absolute atomic E-state index is 0.205. The van der Waals surface area contributed by atoms with E-state index in [9.17, 15) is 4.79 Å². The van der Waals surface area contributed by atoms with Crippen LogP contribution in [0.4, 0.5) is 10.5 Å². The lowest BCUT2D eigenvalue weighted by Gasteiger charge is -2.29. The van der Waals surface area contributed by atoms with Crippen molar-refractivity contribution in [2.75, 3.05) is 31.8 Å². The van der Waals surface area contributed by atoms with Gasteiger partial charge < -0.3 is 14.2 Å². The summed E-state index contributed by atoms with van der Waals surface area (Å²) in [6, 6.07) is 10.4. The second-order valence-electron chi connectivity index (χ2n) is 6.92. The predicted octanol–water partition coefficient (Wildman–Crippen LogP) is 3.61. The number of anilines is 1. The smallest absolute Gasteiger partial charge is 0.414 e. The Morgan fingerprint density at radius 1 is 1.23 bits per heavy atom. The van der Waals surface area contributed by atoms with Crippen molar-refractivity contribution >= 4 is 11.8 Å². The number of ether oxygens (including phenoxy) is 3. The number of hydrogen-bond donors (Lipinski definition) is 0. The Bertz CT molecular complexity index is 632. The molecule has 1 saturated carbocycles. The molecule has 1 aromatic rings. The summed E-state index contributed by atoms with van der Waals surface area (Å²) in [6.45, 7) is 1.48. The molecule has 26 heavy (non-hydrogen) atoms. The third-order valence-electron chi connectivity index (χ3n) is 5.14. The van der Waals surface area contributed by atoms with Gasteiger partial charge in [-0.05, 0) is 49.3 Å². The summed E-state index contributed by atoms with van der Waals surface area (Å²) in [6.07, 6.45) is 4.50. The lowest BCUT2D eigenvalue weighted by Crippen LogP contribution is -2.25. The van der Waals surface area contributed by atoms with E-state index in [1.165, 1.54) is 5.56 Å². The summed E-state index contributed by atoms with van der Waals surface area (Å²) < 4.78 is 16.1. The Morgan fingerprint density at radius 3 is 2.62 bits per heavy atom. The fourth-order valence-corrected chi connectivity index (χ4v) is 3.77. The van der Waals surface area contributed by atoms with E-state index in [0.29, 0.717) is 32.1 Å². The highest BCUT2D eigenvalue weighted by atomic mass is 16.6. The van der Waals surface area contributed by atoms with Crippen molar-refractivity contribution in [3.8, 4) is 6.07 Å². The molecule has 0 spiro atoms. The number of cyclic esters (lactones) is 1. The van der Waals surface area contributed by atoms with E-state index in [4.69, 9.17) is 19.5 Å². The monoisotopic (exact) mass is 358 g/mol. The normalized spacial score (nSPS) is 25.8. The Hall–Kier alpha value is -2.10. The first kappa shape index (κ1) is 18.7. The highest BCUT2D eigenvalue weighted by molar-refractivity contribution is 5.89. The number of rotatable bonds is 7. The van der Waals surface area contributed by atoms with E-state index in [0.717, 1.165) is 31.4 Å². The van der Waals surface area contributed by atoms with Crippen molar-refractivity contribution in [3.05, 3.63) is 29.8 Å². The van der Waals surface area contributed by atoms with Gasteiger partial charge in [-0.25, -0.2) is 4.79 Å². The van der Waals surface area contributed by atoms with E-state index in [2.05, 4.69) is 18.2 Å². The van der Waals surface area contributed by atoms with Gasteiger partial charge in [0.05, 0.1) is 38.4 Å². The molecule has 0 aromatic heterocycles. The minimum Gasteiger partial charge on any atom is -0.441 e. The zero-order valence-electron chi connectivity index (χ0n) is 15.2. The number of methoxy groups -OCH3 is 1. The van der Waals surface area contributed by atoms with Crippen LogP contribution in [0.2, 0.25) is 0 Å². The van der Waals surface area contributed by atoms with Crippen molar-refractivity contribution in [2.24, 2.45) is 0 Å². The van der Waals surface area contributed by atoms with Crippen LogP contribution in [0.15, 0.2) is 24.3 Å². The van der Waals surface area contributed by atoms with Crippen molar-refractivity contribution < 1.29 is 19.0 Å². The summed E-state index contributed by atoms with van der Waals surface area (Å²) in [5, 5.41) is 8.58. The largest absolute Gasteiger partial charge is 0.441 e. The first-order chi connectivity index (χ1) is 12.7. The highest BCUT2D eigenvalue weighted by Gasteiger charge is 2.32. The van der Waals surface area contributed by atoms with Gasteiger partial charge in [0.1, 0.15) is 6.10 Å². The van der Waals surface area contributed by atoms with Crippen molar-refractivity contribution in [2.45, 2.75) is 50.2 Å². The molecule has 1 atom stereocenters. The summed E-state index contributed by atoms with van der Waals surface area (Å²) in [4.78, 5) is 13.7. The van der Waals surface area contributed by atoms with E-state index in [-0.39, 0.29) is 18.3 Å². The lowest BCUT2D eigenvalue weighted by molar-refractivity contribution is 0.0280. The van der Waals surface area contributed by atoms with Gasteiger partial charge in [-0.3, -0.25) is 4.90 Å². The summed E-state index contributed by atoms with van der Waals surface area (Å²) in [5.41, 5.74) is 2.18. The number of hydrogen-bond acceptors (Lipinski definition) is 5. The van der Waals surface area contributed by atoms with Gasteiger partial charge in [0.2, 0.25) is 0 Å². The molecule has 1 saturated heterocycles. The molecule has 1 unspecified atom stereocenters. The molecule has 0 N–H and O–H groups in total. The van der Waals surface area contributed by atoms with Gasteiger partial charge in [-0.2, -0.15) is 5.26 Å². The van der Waals surface area contributed by atoms with Crippen LogP contribution in [0.3, 0.4) is 0 Å². The van der Waals surface area contributed by atoms with Gasteiger partial charge in [-0.15, -0.1) is 0 Å². The lowest BCUT2D eigenvalue weighted by atomic mass is 9.82. The molecular formula is C20H26N2O4. The van der Waals surface area contributed by atoms with E-state index >= 15 is 0 Å². The van der Waals surface area contributed by atoms with E-state index in [1.807, 2.05) is 12.1 Å². The van der Waals surface area contributed by atoms with Crippen molar-refractivity contribution in [1.29, 1.82) is 5.26 Å². The topological polar surface area (TPSA) is 71.8 Å². The van der Waals surface area contributed by atoms with Gasteiger partial charge in [-0.1, -0.05) is 12.1 Å². The Balaban J connectivity index is 1.52. The zero-order valence-corrected chi connectivity index (χ0v) is 15.2. The van der Waals surface area contributed by atoms with Crippen LogP contribution in [0, 0.1) is 11.3 Å². The number of amides is 1. The standard InChI is InChI=1S/C20H26N2O4/c1-24-14-19-13-22(20(23)26-19)17-7-3-15(4-8-17)16-5-9-18(10-6-16)25-12-2-11-21/h3-4,7-8,16,18-19H,2,5-6,9-10,12-14H2,1H3/t16-,18-,19?. The molecule has 1 aliphatic heterocycles. The van der Waals surface area contributed by atoms with Gasteiger partial charge in [0, 0.05) is 12.8 Å². The van der Waals surface area contributed by atoms with Crippen LogP contribution < -0.4 is 4.90 Å². The van der Waals surface area contributed by atoms with Crippen LogP contribution in [0.5, 0.6) is 0 Å². The molecule has 6 nitrogen and oxygen atoms in total. The summed E-state index contributed by atoms with van der Waals surface area (Å²) in [7, 11) is 1.61. The summed E-state index contributed by atoms with van der Waals surface area (Å²) >= 11 is 0. The van der Waals surface area contributed by atoms with Crippen LogP contribution in [-0.4, -0.2) is 45.2 Å². The van der Waals surface area contributed by atoms with E-state index < -0.39 is 0 Å². The quantitative estimate of drug-likeness (QED) is 0.696. The van der Waals surface area contributed by atoms with E-state index in [1.54, 1.807) is 12.0 Å². The first-order valence-corrected chi connectivity index (χ1v) is 9.27. The maximum atomic E-state index is 12.0. The Morgan fingerprint density at radius 2 is 1.96 bits per heavy atom. The second kappa shape index (κ2) is 9.02. The second-order valence-corrected chi connectivity index (χ2v) is 6.92. The highest BCUT2D eigenvalue weighted by Crippen LogP contribution is 2.35. The third kappa shape index (κ3) is 4.54.